The highest BCUT2D eigenvalue weighted by atomic mass is 32.2. The van der Waals surface area contributed by atoms with E-state index in [-0.39, 0.29) is 11.4 Å². The van der Waals surface area contributed by atoms with Crippen molar-refractivity contribution >= 4 is 106 Å². The SMILES string of the molecule is CC1NC(=O)C(NC(=O)c2cnc3ccccc3n2)COC(=O)C(C(C)C)N(C)C(=O)C2C(S)SC(C(=O)N(C)C(C(C)C)C(=O)OCC(NC(=O)c3cnc4ccccc4n3)C(=O)NC(C)C(=O)N2C)N(C)C1=O. The molecule has 8 amide bonds. The molecule has 2 aliphatic heterocycles. The summed E-state index contributed by atoms with van der Waals surface area (Å²) in [5.41, 5.74) is 1.34. The van der Waals surface area contributed by atoms with Gasteiger partial charge in [-0.1, -0.05) is 52.0 Å². The predicted octanol–water partition coefficient (Wildman–Crippen LogP) is 0.160. The van der Waals surface area contributed by atoms with Crippen molar-refractivity contribution in [3.8, 4) is 0 Å². The standard InChI is InChI=1S/C49H60N12O12S2/c1-23(2)35-47(70)72-21-34(57-39(63)32-20-51-28-16-12-14-18-30(28)55-32)41(65)53-26(6)43(67)61(10)46-45(69)59(8)36(24(3)4)48(71)73-22-33(56-38(62)31-19-50-27-15-11-13-17-29(27)54-31)40(64)52-25(5)42(66)60(9)37(49(74)75-46)44(68)58(35)7/h11-20,23-26,33-37,46,49,74H,21-22H2,1-10H3,(H,52,64)(H,53,65)(H,56,62)(H,57,63). The summed E-state index contributed by atoms with van der Waals surface area (Å²) in [7, 11) is 5.04. The quantitative estimate of drug-likeness (QED) is 0.127. The molecule has 2 bridgehead atoms. The third kappa shape index (κ3) is 12.9. The Morgan fingerprint density at radius 2 is 0.987 bits per heavy atom. The Hall–Kier alpha value is -7.48. The second-order valence-electron chi connectivity index (χ2n) is 18.8. The first-order valence-electron chi connectivity index (χ1n) is 23.8. The van der Waals surface area contributed by atoms with Gasteiger partial charge < -0.3 is 50.3 Å². The van der Waals surface area contributed by atoms with Crippen LogP contribution in [0.1, 0.15) is 62.5 Å². The maximum absolute atomic E-state index is 15.1. The van der Waals surface area contributed by atoms with Crippen molar-refractivity contribution in [2.24, 2.45) is 11.8 Å². The number of para-hydroxylation sites is 4. The van der Waals surface area contributed by atoms with Gasteiger partial charge in [0.1, 0.15) is 66.9 Å². The van der Waals surface area contributed by atoms with E-state index in [2.05, 4.69) is 41.2 Å². The van der Waals surface area contributed by atoms with Gasteiger partial charge in [-0.2, -0.15) is 12.6 Å². The third-order valence-corrected chi connectivity index (χ3v) is 14.6. The maximum Gasteiger partial charge on any atom is 0.329 e. The zero-order chi connectivity index (χ0) is 55.2. The number of fused-ring (bicyclic) bond motifs is 5. The number of ether oxygens (including phenoxy) is 2. The summed E-state index contributed by atoms with van der Waals surface area (Å²) in [5, 5.41) is 8.42. The number of cyclic esters (lactones) is 2. The number of carbonyl (C=O) groups is 10. The molecule has 2 fully saturated rings. The highest BCUT2D eigenvalue weighted by Crippen LogP contribution is 2.33. The van der Waals surface area contributed by atoms with Crippen molar-refractivity contribution in [1.29, 1.82) is 0 Å². The Bertz CT molecular complexity index is 2890. The van der Waals surface area contributed by atoms with Crippen molar-refractivity contribution in [2.75, 3.05) is 41.4 Å². The molecule has 24 nitrogen and oxygen atoms in total. The number of rotatable bonds is 6. The van der Waals surface area contributed by atoms with Gasteiger partial charge in [0.15, 0.2) is 5.37 Å². The highest BCUT2D eigenvalue weighted by molar-refractivity contribution is 8.11. The number of amides is 8. The predicted molar refractivity (Wildman–Crippen MR) is 275 cm³/mol. The summed E-state index contributed by atoms with van der Waals surface area (Å²) in [6.07, 6.45) is 2.38. The van der Waals surface area contributed by atoms with E-state index in [1.165, 1.54) is 54.4 Å². The number of esters is 2. The Labute approximate surface area is 441 Å². The van der Waals surface area contributed by atoms with Crippen LogP contribution in [0.3, 0.4) is 0 Å². The second-order valence-corrected chi connectivity index (χ2v) is 20.9. The van der Waals surface area contributed by atoms with Crippen molar-refractivity contribution in [2.45, 2.75) is 93.8 Å². The first kappa shape index (κ1) is 56.8. The largest absolute Gasteiger partial charge is 0.461 e. The molecular weight excluding hydrogens is 1010 g/mol. The molecule has 0 spiro atoms. The zero-order valence-corrected chi connectivity index (χ0v) is 44.6. The van der Waals surface area contributed by atoms with Crippen LogP contribution in [0, 0.1) is 11.8 Å². The lowest BCUT2D eigenvalue weighted by Gasteiger charge is -2.41. The van der Waals surface area contributed by atoms with Gasteiger partial charge in [0, 0.05) is 28.2 Å². The molecule has 2 saturated heterocycles. The van der Waals surface area contributed by atoms with E-state index in [1.807, 2.05) is 0 Å². The van der Waals surface area contributed by atoms with Gasteiger partial charge in [-0.15, -0.1) is 11.8 Å². The molecule has 9 atom stereocenters. The number of carbonyl (C=O) groups excluding carboxylic acids is 10. The molecule has 26 heteroatoms. The number of hydrogen-bond acceptors (Lipinski definition) is 18. The van der Waals surface area contributed by atoms with E-state index in [1.54, 1.807) is 76.2 Å². The number of thiol groups is 1. The lowest BCUT2D eigenvalue weighted by molar-refractivity contribution is -0.160. The number of likely N-dealkylation sites (N-methyl/N-ethyl adjacent to an activating group) is 4. The van der Waals surface area contributed by atoms with E-state index in [0.29, 0.717) is 33.8 Å². The van der Waals surface area contributed by atoms with Crippen LogP contribution in [0.5, 0.6) is 0 Å². The Morgan fingerprint density at radius 1 is 0.600 bits per heavy atom. The van der Waals surface area contributed by atoms with E-state index < -0.39 is 136 Å². The lowest BCUT2D eigenvalue weighted by Crippen LogP contribution is -2.62. The van der Waals surface area contributed by atoms with E-state index >= 15 is 9.59 Å². The smallest absolute Gasteiger partial charge is 0.329 e. The number of nitrogens with zero attached hydrogens (tertiary/aromatic N) is 8. The molecule has 2 aliphatic rings. The molecule has 0 aliphatic carbocycles. The van der Waals surface area contributed by atoms with Crippen molar-refractivity contribution in [3.05, 3.63) is 72.3 Å². The molecule has 4 aromatic rings. The molecule has 9 unspecified atom stereocenters. The molecule has 400 valence electrons. The molecule has 4 N–H and O–H groups in total. The van der Waals surface area contributed by atoms with Gasteiger partial charge >= 0.3 is 11.9 Å². The fraction of sp³-hybridized carbons (Fsp3) is 0.469. The van der Waals surface area contributed by atoms with Crippen LogP contribution in [-0.4, -0.2) is 192 Å². The Morgan fingerprint density at radius 3 is 1.40 bits per heavy atom. The fourth-order valence-corrected chi connectivity index (χ4v) is 10.4. The monoisotopic (exact) mass is 1070 g/mol. The minimum absolute atomic E-state index is 0.190. The molecule has 0 saturated carbocycles. The molecule has 2 aromatic carbocycles. The summed E-state index contributed by atoms with van der Waals surface area (Å²) in [5.74, 6) is -10.8. The van der Waals surface area contributed by atoms with Crippen molar-refractivity contribution < 1.29 is 57.4 Å². The van der Waals surface area contributed by atoms with Crippen molar-refractivity contribution in [3.63, 3.8) is 0 Å². The van der Waals surface area contributed by atoms with Crippen LogP contribution < -0.4 is 21.3 Å². The molecule has 4 heterocycles. The van der Waals surface area contributed by atoms with Crippen LogP contribution in [-0.2, 0) is 47.8 Å². The van der Waals surface area contributed by atoms with Gasteiger partial charge in [0.05, 0.1) is 39.0 Å². The number of benzene rings is 2. The minimum atomic E-state index is -1.69. The fourth-order valence-electron chi connectivity index (χ4n) is 8.49. The zero-order valence-electron chi connectivity index (χ0n) is 42.9. The topological polar surface area (TPSA) is 302 Å². The lowest BCUT2D eigenvalue weighted by atomic mass is 10.0. The molecule has 0 radical (unpaired) electrons. The average Bonchev–Trinajstić information content (AvgIpc) is 3.37. The Kier molecular flexibility index (Phi) is 18.4. The van der Waals surface area contributed by atoms with Crippen molar-refractivity contribution in [1.82, 2.24) is 60.8 Å². The summed E-state index contributed by atoms with van der Waals surface area (Å²) in [6.45, 7) is 7.45. The summed E-state index contributed by atoms with van der Waals surface area (Å²) in [4.78, 5) is 164. The van der Waals surface area contributed by atoms with E-state index in [4.69, 9.17) is 22.1 Å². The van der Waals surface area contributed by atoms with Crippen LogP contribution in [0.2, 0.25) is 0 Å². The molecule has 2 aromatic heterocycles. The minimum Gasteiger partial charge on any atom is -0.461 e. The normalized spacial score (nSPS) is 25.6. The van der Waals surface area contributed by atoms with Crippen LogP contribution in [0.15, 0.2) is 60.9 Å². The van der Waals surface area contributed by atoms with Gasteiger partial charge in [-0.25, -0.2) is 19.6 Å². The number of aromatic nitrogens is 4. The molecule has 75 heavy (non-hydrogen) atoms. The summed E-state index contributed by atoms with van der Waals surface area (Å²) in [6, 6.07) is 2.73. The number of nitrogens with one attached hydrogen (secondary N) is 4. The van der Waals surface area contributed by atoms with Gasteiger partial charge in [-0.3, -0.25) is 48.3 Å². The van der Waals surface area contributed by atoms with E-state index in [0.717, 1.165) is 19.6 Å². The van der Waals surface area contributed by atoms with Crippen LogP contribution in [0.4, 0.5) is 0 Å². The Balaban J connectivity index is 1.41. The molecule has 6 rings (SSSR count). The van der Waals surface area contributed by atoms with Gasteiger partial charge in [0.25, 0.3) is 17.7 Å². The van der Waals surface area contributed by atoms with E-state index in [9.17, 15) is 38.4 Å². The van der Waals surface area contributed by atoms with Gasteiger partial charge in [0.2, 0.25) is 29.5 Å². The molecular formula is C49H60N12O12S2. The third-order valence-electron chi connectivity index (χ3n) is 12.6. The average molecular weight is 1070 g/mol. The summed E-state index contributed by atoms with van der Waals surface area (Å²) >= 11 is 5.46. The second kappa shape index (κ2) is 24.2. The maximum atomic E-state index is 15.1. The van der Waals surface area contributed by atoms with Gasteiger partial charge in [-0.05, 0) is 49.9 Å². The first-order valence-corrected chi connectivity index (χ1v) is 25.3. The van der Waals surface area contributed by atoms with Crippen LogP contribution >= 0.6 is 24.4 Å². The van der Waals surface area contributed by atoms with Crippen LogP contribution in [0.25, 0.3) is 22.1 Å². The highest BCUT2D eigenvalue weighted by Gasteiger charge is 2.46. The summed E-state index contributed by atoms with van der Waals surface area (Å²) < 4.78 is 9.93. The number of thioether (sulfide) groups is 1. The number of hydrogen-bond donors (Lipinski definition) is 5. The first-order chi connectivity index (χ1) is 35.4.